The molecule has 7 heteroatoms. The first-order valence-electron chi connectivity index (χ1n) is 7.94. The Hall–Kier alpha value is -3.06. The van der Waals surface area contributed by atoms with Gasteiger partial charge in [0.1, 0.15) is 10.6 Å². The predicted octanol–water partition coefficient (Wildman–Crippen LogP) is 3.61. The van der Waals surface area contributed by atoms with E-state index in [4.69, 9.17) is 4.74 Å². The second kappa shape index (κ2) is 5.74. The molecule has 4 rings (SSSR count). The highest BCUT2D eigenvalue weighted by atomic mass is 32.2. The van der Waals surface area contributed by atoms with Gasteiger partial charge in [0.15, 0.2) is 0 Å². The van der Waals surface area contributed by atoms with Crippen molar-refractivity contribution in [3.63, 3.8) is 0 Å². The van der Waals surface area contributed by atoms with Crippen molar-refractivity contribution in [2.45, 2.75) is 4.90 Å². The van der Waals surface area contributed by atoms with Gasteiger partial charge in [-0.05, 0) is 23.6 Å². The molecular formula is C19H16N2O4S. The number of methoxy groups -OCH3 is 1. The third-order valence-corrected chi connectivity index (χ3v) is 6.23. The SMILES string of the molecule is COc1ccc2c(c1)N(C)C(=O)N(c1cccc3ccccc13)S2(=O)=O. The number of amides is 2. The third kappa shape index (κ3) is 2.24. The zero-order chi connectivity index (χ0) is 18.5. The van der Waals surface area contributed by atoms with Crippen LogP contribution >= 0.6 is 0 Å². The minimum atomic E-state index is -4.05. The van der Waals surface area contributed by atoms with Crippen molar-refractivity contribution in [1.82, 2.24) is 0 Å². The van der Waals surface area contributed by atoms with Gasteiger partial charge in [0.05, 0.1) is 18.5 Å². The van der Waals surface area contributed by atoms with Crippen molar-refractivity contribution in [3.05, 3.63) is 60.7 Å². The standard InChI is InChI=1S/C19H16N2O4S/c1-20-17-12-14(25-2)10-11-18(17)26(23,24)21(19(20)22)16-9-5-7-13-6-3-4-8-15(13)16/h3-12H,1-2H3. The maximum absolute atomic E-state index is 13.2. The van der Waals surface area contributed by atoms with E-state index in [1.165, 1.54) is 18.1 Å². The fraction of sp³-hybridized carbons (Fsp3) is 0.105. The lowest BCUT2D eigenvalue weighted by molar-refractivity contribution is 0.255. The van der Waals surface area contributed by atoms with Gasteiger partial charge in [0.25, 0.3) is 10.0 Å². The quantitative estimate of drug-likeness (QED) is 0.693. The number of fused-ring (bicyclic) bond motifs is 2. The molecule has 0 atom stereocenters. The van der Waals surface area contributed by atoms with Crippen LogP contribution in [-0.4, -0.2) is 28.6 Å². The van der Waals surface area contributed by atoms with Crippen molar-refractivity contribution in [1.29, 1.82) is 0 Å². The van der Waals surface area contributed by atoms with E-state index >= 15 is 0 Å². The van der Waals surface area contributed by atoms with Gasteiger partial charge in [-0.25, -0.2) is 13.2 Å². The van der Waals surface area contributed by atoms with E-state index in [2.05, 4.69) is 0 Å². The second-order valence-corrected chi connectivity index (χ2v) is 7.70. The Morgan fingerprint density at radius 3 is 2.42 bits per heavy atom. The van der Waals surface area contributed by atoms with Gasteiger partial charge in [-0.1, -0.05) is 36.4 Å². The van der Waals surface area contributed by atoms with Gasteiger partial charge in [0.2, 0.25) is 0 Å². The topological polar surface area (TPSA) is 66.9 Å². The number of nitrogens with zero attached hydrogens (tertiary/aromatic N) is 2. The molecule has 2 amide bonds. The lowest BCUT2D eigenvalue weighted by Gasteiger charge is -2.34. The van der Waals surface area contributed by atoms with Crippen molar-refractivity contribution >= 4 is 38.2 Å². The number of hydrogen-bond donors (Lipinski definition) is 0. The lowest BCUT2D eigenvalue weighted by Crippen LogP contribution is -2.49. The molecule has 1 aliphatic rings. The first-order valence-corrected chi connectivity index (χ1v) is 9.38. The largest absolute Gasteiger partial charge is 0.497 e. The Balaban J connectivity index is 1.99. The van der Waals surface area contributed by atoms with Gasteiger partial charge < -0.3 is 4.74 Å². The average molecular weight is 368 g/mol. The highest BCUT2D eigenvalue weighted by Gasteiger charge is 2.41. The minimum absolute atomic E-state index is 0.0633. The van der Waals surface area contributed by atoms with Crippen LogP contribution in [0.15, 0.2) is 65.6 Å². The Kier molecular flexibility index (Phi) is 3.62. The number of anilines is 2. The molecular weight excluding hydrogens is 352 g/mol. The smallest absolute Gasteiger partial charge is 0.342 e. The third-order valence-electron chi connectivity index (χ3n) is 4.49. The summed E-state index contributed by atoms with van der Waals surface area (Å²) < 4.78 is 32.5. The van der Waals surface area contributed by atoms with Crippen molar-refractivity contribution in [2.75, 3.05) is 23.4 Å². The van der Waals surface area contributed by atoms with Gasteiger partial charge in [0, 0.05) is 18.5 Å². The van der Waals surface area contributed by atoms with Crippen LogP contribution in [0.4, 0.5) is 16.2 Å². The molecule has 0 aliphatic carbocycles. The number of urea groups is 1. The molecule has 3 aromatic carbocycles. The molecule has 0 saturated carbocycles. The van der Waals surface area contributed by atoms with E-state index < -0.39 is 16.1 Å². The van der Waals surface area contributed by atoms with Crippen molar-refractivity contribution in [2.24, 2.45) is 0 Å². The molecule has 1 aliphatic heterocycles. The van der Waals surface area contributed by atoms with Crippen LogP contribution in [0.25, 0.3) is 10.8 Å². The molecule has 132 valence electrons. The number of carbonyl (C=O) groups is 1. The van der Waals surface area contributed by atoms with Gasteiger partial charge in [-0.15, -0.1) is 0 Å². The summed E-state index contributed by atoms with van der Waals surface area (Å²) in [6.07, 6.45) is 0. The number of hydrogen-bond acceptors (Lipinski definition) is 4. The lowest BCUT2D eigenvalue weighted by atomic mass is 10.1. The van der Waals surface area contributed by atoms with E-state index in [-0.39, 0.29) is 4.90 Å². The minimum Gasteiger partial charge on any atom is -0.497 e. The molecule has 26 heavy (non-hydrogen) atoms. The van der Waals surface area contributed by atoms with Crippen molar-refractivity contribution in [3.8, 4) is 5.75 Å². The average Bonchev–Trinajstić information content (AvgIpc) is 2.66. The molecule has 3 aromatic rings. The number of benzene rings is 3. The zero-order valence-electron chi connectivity index (χ0n) is 14.2. The summed E-state index contributed by atoms with van der Waals surface area (Å²) in [4.78, 5) is 14.4. The summed E-state index contributed by atoms with van der Waals surface area (Å²) in [5.41, 5.74) is 0.632. The highest BCUT2D eigenvalue weighted by molar-refractivity contribution is 7.94. The molecule has 0 radical (unpaired) electrons. The van der Waals surface area contributed by atoms with Crippen LogP contribution in [0.2, 0.25) is 0 Å². The van der Waals surface area contributed by atoms with Gasteiger partial charge >= 0.3 is 6.03 Å². The summed E-state index contributed by atoms with van der Waals surface area (Å²) in [7, 11) is -1.01. The van der Waals surface area contributed by atoms with E-state index in [1.807, 2.05) is 24.3 Å². The molecule has 0 bridgehead atoms. The van der Waals surface area contributed by atoms with Crippen LogP contribution in [-0.2, 0) is 10.0 Å². The summed E-state index contributed by atoms with van der Waals surface area (Å²) >= 11 is 0. The van der Waals surface area contributed by atoms with Crippen LogP contribution in [0.5, 0.6) is 5.75 Å². The van der Waals surface area contributed by atoms with E-state index in [0.717, 1.165) is 9.69 Å². The molecule has 0 aromatic heterocycles. The first kappa shape index (κ1) is 16.4. The number of rotatable bonds is 2. The van der Waals surface area contributed by atoms with Crippen LogP contribution in [0.1, 0.15) is 0 Å². The van der Waals surface area contributed by atoms with E-state index in [0.29, 0.717) is 22.5 Å². The van der Waals surface area contributed by atoms with Crippen LogP contribution in [0.3, 0.4) is 0 Å². The summed E-state index contributed by atoms with van der Waals surface area (Å²) in [6.45, 7) is 0. The molecule has 0 fully saturated rings. The summed E-state index contributed by atoms with van der Waals surface area (Å²) in [5, 5.41) is 1.55. The highest BCUT2D eigenvalue weighted by Crippen LogP contribution is 2.40. The fourth-order valence-electron chi connectivity index (χ4n) is 3.16. The summed E-state index contributed by atoms with van der Waals surface area (Å²) in [6, 6.07) is 16.6. The van der Waals surface area contributed by atoms with Gasteiger partial charge in [-0.2, -0.15) is 4.31 Å². The second-order valence-electron chi connectivity index (χ2n) is 5.94. The number of sulfonamides is 1. The fourth-order valence-corrected chi connectivity index (χ4v) is 4.81. The Morgan fingerprint density at radius 2 is 1.65 bits per heavy atom. The monoisotopic (exact) mass is 368 g/mol. The maximum Gasteiger partial charge on any atom is 0.342 e. The summed E-state index contributed by atoms with van der Waals surface area (Å²) in [5.74, 6) is 0.484. The molecule has 0 saturated heterocycles. The molecule has 0 N–H and O–H groups in total. The van der Waals surface area contributed by atoms with E-state index in [9.17, 15) is 13.2 Å². The maximum atomic E-state index is 13.2. The molecule has 6 nitrogen and oxygen atoms in total. The van der Waals surface area contributed by atoms with Crippen LogP contribution < -0.4 is 13.9 Å². The Morgan fingerprint density at radius 1 is 0.923 bits per heavy atom. The number of ether oxygens (including phenoxy) is 1. The van der Waals surface area contributed by atoms with E-state index in [1.54, 1.807) is 37.4 Å². The predicted molar refractivity (Wildman–Crippen MR) is 100 cm³/mol. The molecule has 0 spiro atoms. The Bertz CT molecular complexity index is 1140. The first-order chi connectivity index (χ1) is 12.4. The van der Waals surface area contributed by atoms with Gasteiger partial charge in [-0.3, -0.25) is 4.90 Å². The Labute approximate surface area is 151 Å². The van der Waals surface area contributed by atoms with Crippen molar-refractivity contribution < 1.29 is 17.9 Å². The number of carbonyl (C=O) groups excluding carboxylic acids is 1. The zero-order valence-corrected chi connectivity index (χ0v) is 15.0. The normalized spacial score (nSPS) is 15.8. The molecule has 0 unspecified atom stereocenters. The van der Waals surface area contributed by atoms with Crippen LogP contribution in [0, 0.1) is 0 Å². The molecule has 1 heterocycles.